The van der Waals surface area contributed by atoms with Crippen molar-refractivity contribution < 1.29 is 17.4 Å². The predicted molar refractivity (Wildman–Crippen MR) is 94.6 cm³/mol. The van der Waals surface area contributed by atoms with Gasteiger partial charge in [0.2, 0.25) is 0 Å². The first-order chi connectivity index (χ1) is 12.0. The SMILES string of the molecule is CC#N.Cc1cc(C(F)(F)F)cc(Cl)c1-n1nc(C)c(S(C)=O)c1CN. The molecule has 0 fully saturated rings. The van der Waals surface area contributed by atoms with Crippen molar-refractivity contribution in [2.45, 2.75) is 38.4 Å². The average molecular weight is 407 g/mol. The summed E-state index contributed by atoms with van der Waals surface area (Å²) >= 11 is 6.07. The molecule has 10 heteroatoms. The molecule has 1 atom stereocenters. The van der Waals surface area contributed by atoms with E-state index < -0.39 is 22.5 Å². The van der Waals surface area contributed by atoms with E-state index in [0.29, 0.717) is 27.5 Å². The first-order valence-electron chi connectivity index (χ1n) is 7.30. The summed E-state index contributed by atoms with van der Waals surface area (Å²) in [4.78, 5) is 0.475. The van der Waals surface area contributed by atoms with Crippen molar-refractivity contribution in [3.8, 4) is 11.8 Å². The standard InChI is InChI=1S/C14H15ClF3N3OS.C2H3N/c1-7-4-9(14(16,17)18)5-10(15)12(7)21-11(6-19)13(23(3)22)8(2)20-21;1-2-3/h4-5H,6,19H2,1-3H3;1H3. The Balaban J connectivity index is 0.00000105. The molecule has 2 aromatic rings. The van der Waals surface area contributed by atoms with Crippen LogP contribution in [-0.2, 0) is 23.5 Å². The molecule has 2 N–H and O–H groups in total. The average Bonchev–Trinajstić information content (AvgIpc) is 2.82. The van der Waals surface area contributed by atoms with E-state index in [9.17, 15) is 17.4 Å². The van der Waals surface area contributed by atoms with Gasteiger partial charge in [-0.1, -0.05) is 11.6 Å². The van der Waals surface area contributed by atoms with Crippen molar-refractivity contribution in [3.63, 3.8) is 0 Å². The van der Waals surface area contributed by atoms with Gasteiger partial charge in [0.25, 0.3) is 0 Å². The number of nitriles is 1. The van der Waals surface area contributed by atoms with Gasteiger partial charge in [-0.05, 0) is 31.5 Å². The topological polar surface area (TPSA) is 84.7 Å². The Hall–Kier alpha value is -1.89. The van der Waals surface area contributed by atoms with Crippen molar-refractivity contribution in [2.75, 3.05) is 6.26 Å². The van der Waals surface area contributed by atoms with Crippen molar-refractivity contribution in [2.24, 2.45) is 5.73 Å². The third-order valence-electron chi connectivity index (χ3n) is 3.37. The van der Waals surface area contributed by atoms with Gasteiger partial charge in [0.05, 0.1) is 49.4 Å². The molecule has 5 nitrogen and oxygen atoms in total. The quantitative estimate of drug-likeness (QED) is 0.838. The fourth-order valence-corrected chi connectivity index (χ4v) is 3.77. The summed E-state index contributed by atoms with van der Waals surface area (Å²) in [6.07, 6.45) is -2.99. The number of halogens is 4. The highest BCUT2D eigenvalue weighted by Crippen LogP contribution is 2.36. The summed E-state index contributed by atoms with van der Waals surface area (Å²) < 4.78 is 51.8. The van der Waals surface area contributed by atoms with Gasteiger partial charge in [-0.3, -0.25) is 4.21 Å². The summed E-state index contributed by atoms with van der Waals surface area (Å²) in [7, 11) is -1.32. The fourth-order valence-electron chi connectivity index (χ4n) is 2.47. The molecule has 0 saturated heterocycles. The molecule has 0 bridgehead atoms. The van der Waals surface area contributed by atoms with Crippen molar-refractivity contribution in [1.29, 1.82) is 5.26 Å². The fraction of sp³-hybridized carbons (Fsp3) is 0.375. The van der Waals surface area contributed by atoms with Gasteiger partial charge in [-0.2, -0.15) is 23.5 Å². The molecule has 26 heavy (non-hydrogen) atoms. The second-order valence-electron chi connectivity index (χ2n) is 5.28. The van der Waals surface area contributed by atoms with Crippen molar-refractivity contribution in [1.82, 2.24) is 9.78 Å². The highest BCUT2D eigenvalue weighted by molar-refractivity contribution is 7.84. The number of aromatic nitrogens is 2. The molecule has 0 radical (unpaired) electrons. The molecule has 0 amide bonds. The van der Waals surface area contributed by atoms with Crippen LogP contribution in [-0.4, -0.2) is 20.2 Å². The Morgan fingerprint density at radius 3 is 2.31 bits per heavy atom. The normalized spacial score (nSPS) is 12.2. The molecule has 0 aliphatic rings. The highest BCUT2D eigenvalue weighted by Gasteiger charge is 2.32. The van der Waals surface area contributed by atoms with Crippen LogP contribution in [0.25, 0.3) is 5.69 Å². The van der Waals surface area contributed by atoms with Gasteiger partial charge in [0, 0.05) is 19.7 Å². The van der Waals surface area contributed by atoms with Crippen LogP contribution in [0, 0.1) is 25.2 Å². The number of rotatable bonds is 3. The molecule has 1 unspecified atom stereocenters. The molecule has 0 saturated carbocycles. The molecule has 0 spiro atoms. The van der Waals surface area contributed by atoms with E-state index in [1.807, 2.05) is 0 Å². The smallest absolute Gasteiger partial charge is 0.325 e. The summed E-state index contributed by atoms with van der Waals surface area (Å²) in [6.45, 7) is 4.64. The molecule has 2 rings (SSSR count). The zero-order valence-electron chi connectivity index (χ0n) is 14.6. The molecular weight excluding hydrogens is 389 g/mol. The molecule has 1 aromatic carbocycles. The summed E-state index contributed by atoms with van der Waals surface area (Å²) in [5.74, 6) is 0. The third-order valence-corrected chi connectivity index (χ3v) is 4.76. The van der Waals surface area contributed by atoms with Gasteiger partial charge < -0.3 is 5.73 Å². The second kappa shape index (κ2) is 8.66. The van der Waals surface area contributed by atoms with Crippen LogP contribution < -0.4 is 5.73 Å². The number of aryl methyl sites for hydroxylation is 2. The minimum atomic E-state index is -4.49. The lowest BCUT2D eigenvalue weighted by Crippen LogP contribution is -2.12. The maximum Gasteiger partial charge on any atom is 0.416 e. The number of benzene rings is 1. The molecular formula is C16H18ClF3N4OS. The van der Waals surface area contributed by atoms with Crippen LogP contribution in [0.15, 0.2) is 17.0 Å². The van der Waals surface area contributed by atoms with Crippen molar-refractivity contribution >= 4 is 22.4 Å². The van der Waals surface area contributed by atoms with E-state index in [-0.39, 0.29) is 11.6 Å². The minimum Gasteiger partial charge on any atom is -0.325 e. The van der Waals surface area contributed by atoms with Gasteiger partial charge >= 0.3 is 6.18 Å². The van der Waals surface area contributed by atoms with E-state index in [4.69, 9.17) is 22.6 Å². The minimum absolute atomic E-state index is 0.0343. The Bertz CT molecular complexity index is 849. The first-order valence-corrected chi connectivity index (χ1v) is 9.23. The number of nitrogens with two attached hydrogens (primary N) is 1. The van der Waals surface area contributed by atoms with E-state index in [2.05, 4.69) is 5.10 Å². The molecule has 0 aliphatic carbocycles. The Morgan fingerprint density at radius 2 is 1.92 bits per heavy atom. The summed E-state index contributed by atoms with van der Waals surface area (Å²) in [5, 5.41) is 11.5. The number of hydrogen-bond donors (Lipinski definition) is 1. The second-order valence-corrected chi connectivity index (χ2v) is 7.00. The van der Waals surface area contributed by atoms with E-state index in [1.165, 1.54) is 24.8 Å². The molecule has 142 valence electrons. The monoisotopic (exact) mass is 406 g/mol. The molecule has 1 aromatic heterocycles. The van der Waals surface area contributed by atoms with Crippen LogP contribution >= 0.6 is 11.6 Å². The Labute approximate surface area is 157 Å². The number of alkyl halides is 3. The molecule has 0 aliphatic heterocycles. The number of hydrogen-bond acceptors (Lipinski definition) is 4. The first kappa shape index (κ1) is 22.2. The predicted octanol–water partition coefficient (Wildman–Crippen LogP) is 3.89. The van der Waals surface area contributed by atoms with Gasteiger partial charge in [-0.15, -0.1) is 0 Å². The van der Waals surface area contributed by atoms with Crippen LogP contribution in [0.3, 0.4) is 0 Å². The summed E-state index contributed by atoms with van der Waals surface area (Å²) in [5.41, 5.74) is 6.46. The van der Waals surface area contributed by atoms with Gasteiger partial charge in [0.1, 0.15) is 0 Å². The third kappa shape index (κ3) is 4.63. The van der Waals surface area contributed by atoms with Crippen LogP contribution in [0.2, 0.25) is 5.02 Å². The molecule has 1 heterocycles. The van der Waals surface area contributed by atoms with E-state index in [0.717, 1.165) is 12.1 Å². The number of nitrogens with zero attached hydrogens (tertiary/aromatic N) is 3. The lowest BCUT2D eigenvalue weighted by molar-refractivity contribution is -0.137. The van der Waals surface area contributed by atoms with Crippen molar-refractivity contribution in [3.05, 3.63) is 39.7 Å². The summed E-state index contributed by atoms with van der Waals surface area (Å²) in [6, 6.07) is 3.60. The maximum atomic E-state index is 12.9. The lowest BCUT2D eigenvalue weighted by Gasteiger charge is -2.15. The Morgan fingerprint density at radius 1 is 1.38 bits per heavy atom. The largest absolute Gasteiger partial charge is 0.416 e. The zero-order valence-corrected chi connectivity index (χ0v) is 16.2. The highest BCUT2D eigenvalue weighted by atomic mass is 35.5. The lowest BCUT2D eigenvalue weighted by atomic mass is 10.1. The van der Waals surface area contributed by atoms with Crippen LogP contribution in [0.5, 0.6) is 0 Å². The van der Waals surface area contributed by atoms with Crippen LogP contribution in [0.1, 0.15) is 29.4 Å². The van der Waals surface area contributed by atoms with Gasteiger partial charge in [0.15, 0.2) is 0 Å². The van der Waals surface area contributed by atoms with Crippen LogP contribution in [0.4, 0.5) is 13.2 Å². The maximum absolute atomic E-state index is 12.9. The van der Waals surface area contributed by atoms with Gasteiger partial charge in [-0.25, -0.2) is 4.68 Å². The zero-order chi connectivity index (χ0) is 20.2. The van der Waals surface area contributed by atoms with E-state index >= 15 is 0 Å². The van der Waals surface area contributed by atoms with E-state index in [1.54, 1.807) is 13.0 Å². The Kier molecular flexibility index (Phi) is 7.38.